The van der Waals surface area contributed by atoms with Gasteiger partial charge in [-0.3, -0.25) is 0 Å². The molecule has 2 rings (SSSR count). The second-order valence-electron chi connectivity index (χ2n) is 3.48. The van der Waals surface area contributed by atoms with Crippen LogP contribution in [0.2, 0.25) is 5.02 Å². The molecule has 0 aromatic heterocycles. The summed E-state index contributed by atoms with van der Waals surface area (Å²) >= 11 is 9.39. The maximum Gasteiger partial charge on any atom is 0.119 e. The van der Waals surface area contributed by atoms with Crippen LogP contribution in [0.1, 0.15) is 27.6 Å². The first-order valence-corrected chi connectivity index (χ1v) is 6.27. The summed E-state index contributed by atoms with van der Waals surface area (Å²) in [5, 5.41) is 0.271. The van der Waals surface area contributed by atoms with Gasteiger partial charge in [0.15, 0.2) is 0 Å². The molecule has 1 nitrogen and oxygen atoms in total. The molecule has 2 aromatic carbocycles. The molecule has 0 unspecified atom stereocenters. The van der Waals surface area contributed by atoms with Crippen LogP contribution >= 0.6 is 27.5 Å². The first-order chi connectivity index (χ1) is 11.3. The molecule has 0 bridgehead atoms. The normalized spacial score (nSPS) is 18.4. The lowest BCUT2D eigenvalue weighted by Crippen LogP contribution is -1.93. The molecule has 0 aliphatic rings. The minimum atomic E-state index is -2.94. The third-order valence-corrected chi connectivity index (χ3v) is 3.05. The van der Waals surface area contributed by atoms with Gasteiger partial charge < -0.3 is 4.74 Å². The largest absolute Gasteiger partial charge is 0.494 e. The van der Waals surface area contributed by atoms with Crippen LogP contribution in [0.5, 0.6) is 5.75 Å². The molecule has 0 aliphatic heterocycles. The Labute approximate surface area is 131 Å². The SMILES string of the molecule is [2H]C([2H])(c1ccc(OC([2H])([2H])C([2H])([2H])[2H])cc1)c1cc(Br)ccc1Cl. The minimum Gasteiger partial charge on any atom is -0.494 e. The van der Waals surface area contributed by atoms with Gasteiger partial charge in [0, 0.05) is 16.3 Å². The van der Waals surface area contributed by atoms with Crippen LogP contribution in [-0.2, 0) is 6.37 Å². The number of benzene rings is 2. The summed E-state index contributed by atoms with van der Waals surface area (Å²) in [6.07, 6.45) is -1.90. The van der Waals surface area contributed by atoms with Crippen molar-refractivity contribution in [2.45, 2.75) is 13.2 Å². The Morgan fingerprint density at radius 2 is 2.06 bits per heavy atom. The van der Waals surface area contributed by atoms with Crippen molar-refractivity contribution in [2.24, 2.45) is 0 Å². The average molecular weight is 333 g/mol. The van der Waals surface area contributed by atoms with Crippen molar-refractivity contribution in [2.75, 3.05) is 6.56 Å². The Kier molecular flexibility index (Phi) is 2.42. The van der Waals surface area contributed by atoms with E-state index in [1.807, 2.05) is 0 Å². The minimum absolute atomic E-state index is 0.0129. The number of hydrogen-bond acceptors (Lipinski definition) is 1. The van der Waals surface area contributed by atoms with Gasteiger partial charge in [0.05, 0.1) is 9.30 Å². The van der Waals surface area contributed by atoms with Gasteiger partial charge in [-0.2, -0.15) is 0 Å². The van der Waals surface area contributed by atoms with E-state index in [0.717, 1.165) is 0 Å². The Balaban J connectivity index is 2.31. The first kappa shape index (κ1) is 6.97. The summed E-state index contributed by atoms with van der Waals surface area (Å²) in [4.78, 5) is 0. The number of rotatable bonds is 4. The zero-order valence-corrected chi connectivity index (χ0v) is 11.5. The highest BCUT2D eigenvalue weighted by atomic mass is 79.9. The number of halogens is 2. The molecule has 3 heteroatoms. The maximum absolute atomic E-state index is 8.35. The first-order valence-electron chi connectivity index (χ1n) is 8.60. The zero-order chi connectivity index (χ0) is 19.0. The van der Waals surface area contributed by atoms with Gasteiger partial charge in [0.2, 0.25) is 0 Å². The van der Waals surface area contributed by atoms with E-state index >= 15 is 0 Å². The monoisotopic (exact) mass is 331 g/mol. The van der Waals surface area contributed by atoms with Crippen molar-refractivity contribution in [3.63, 3.8) is 0 Å². The predicted octanol–water partition coefficient (Wildman–Crippen LogP) is 5.09. The fourth-order valence-corrected chi connectivity index (χ4v) is 1.94. The van der Waals surface area contributed by atoms with E-state index in [4.69, 9.17) is 25.9 Å². The summed E-state index contributed by atoms with van der Waals surface area (Å²) in [7, 11) is 0. The summed E-state index contributed by atoms with van der Waals surface area (Å²) < 4.78 is 58.6. The quantitative estimate of drug-likeness (QED) is 0.757. The molecule has 94 valence electrons. The van der Waals surface area contributed by atoms with E-state index < -0.39 is 19.8 Å². The van der Waals surface area contributed by atoms with Crippen molar-refractivity contribution in [1.29, 1.82) is 0 Å². The van der Waals surface area contributed by atoms with Gasteiger partial charge >= 0.3 is 0 Å². The lowest BCUT2D eigenvalue weighted by molar-refractivity contribution is 0.340. The molecule has 2 aromatic rings. The summed E-state index contributed by atoms with van der Waals surface area (Å²) in [6.45, 7) is -5.79. The van der Waals surface area contributed by atoms with E-state index in [1.54, 1.807) is 18.2 Å². The van der Waals surface area contributed by atoms with Crippen molar-refractivity contribution in [3.8, 4) is 5.75 Å². The standard InChI is InChI=1S/C15H14BrClO/c1-2-18-14-6-3-11(4-7-14)9-12-10-13(16)5-8-15(12)17/h3-8,10H,2,9H2,1H3/i1D3,2D2,9D2. The molecule has 0 radical (unpaired) electrons. The van der Waals surface area contributed by atoms with Gasteiger partial charge in [0.25, 0.3) is 0 Å². The summed E-state index contributed by atoms with van der Waals surface area (Å²) in [6, 6.07) is 10.3. The van der Waals surface area contributed by atoms with Crippen LogP contribution in [0.4, 0.5) is 0 Å². The maximum atomic E-state index is 8.35. The van der Waals surface area contributed by atoms with Crippen molar-refractivity contribution in [3.05, 3.63) is 63.1 Å². The summed E-state index contributed by atoms with van der Waals surface area (Å²) in [5.41, 5.74) is 0.546. The molecule has 0 aliphatic carbocycles. The second kappa shape index (κ2) is 6.26. The molecule has 0 spiro atoms. The van der Waals surface area contributed by atoms with Gasteiger partial charge in [-0.15, -0.1) is 0 Å². The van der Waals surface area contributed by atoms with Gasteiger partial charge in [0.1, 0.15) is 5.75 Å². The summed E-state index contributed by atoms with van der Waals surface area (Å²) in [5.74, 6) is -0.0129. The van der Waals surface area contributed by atoms with E-state index in [0.29, 0.717) is 4.47 Å². The van der Waals surface area contributed by atoms with Crippen molar-refractivity contribution in [1.82, 2.24) is 0 Å². The molecule has 0 saturated heterocycles. The highest BCUT2D eigenvalue weighted by Crippen LogP contribution is 2.24. The topological polar surface area (TPSA) is 9.23 Å². The van der Waals surface area contributed by atoms with Crippen LogP contribution in [-0.4, -0.2) is 6.56 Å². The molecular weight excluding hydrogens is 312 g/mol. The fourth-order valence-electron chi connectivity index (χ4n) is 1.41. The predicted molar refractivity (Wildman–Crippen MR) is 79.6 cm³/mol. The van der Waals surface area contributed by atoms with Gasteiger partial charge in [-0.1, -0.05) is 39.7 Å². The highest BCUT2D eigenvalue weighted by Gasteiger charge is 2.03. The van der Waals surface area contributed by atoms with Crippen LogP contribution in [0.15, 0.2) is 46.9 Å². The molecule has 0 fully saturated rings. The van der Waals surface area contributed by atoms with Gasteiger partial charge in [-0.25, -0.2) is 0 Å². The second-order valence-corrected chi connectivity index (χ2v) is 4.80. The smallest absolute Gasteiger partial charge is 0.119 e. The molecule has 0 N–H and O–H groups in total. The van der Waals surface area contributed by atoms with Crippen LogP contribution in [0.25, 0.3) is 0 Å². The van der Waals surface area contributed by atoms with E-state index in [9.17, 15) is 0 Å². The van der Waals surface area contributed by atoms with E-state index in [-0.39, 0.29) is 21.9 Å². The van der Waals surface area contributed by atoms with Crippen molar-refractivity contribution >= 4 is 27.5 Å². The van der Waals surface area contributed by atoms with Crippen LogP contribution in [0, 0.1) is 0 Å². The average Bonchev–Trinajstić information content (AvgIpc) is 2.48. The van der Waals surface area contributed by atoms with Gasteiger partial charge in [-0.05, 0) is 54.7 Å². The Bertz CT molecular complexity index is 759. The van der Waals surface area contributed by atoms with Crippen LogP contribution in [0.3, 0.4) is 0 Å². The molecule has 18 heavy (non-hydrogen) atoms. The lowest BCUT2D eigenvalue weighted by atomic mass is 10.1. The van der Waals surface area contributed by atoms with Crippen LogP contribution < -0.4 is 4.74 Å². The third-order valence-electron chi connectivity index (χ3n) is 2.23. The Hall–Kier alpha value is -0.990. The lowest BCUT2D eigenvalue weighted by Gasteiger charge is -2.07. The molecule has 0 amide bonds. The third kappa shape index (κ3) is 3.50. The fraction of sp³-hybridized carbons (Fsp3) is 0.200. The highest BCUT2D eigenvalue weighted by molar-refractivity contribution is 9.10. The Morgan fingerprint density at radius 1 is 1.28 bits per heavy atom. The van der Waals surface area contributed by atoms with E-state index in [1.165, 1.54) is 24.3 Å². The van der Waals surface area contributed by atoms with E-state index in [2.05, 4.69) is 15.9 Å². The number of ether oxygens (including phenoxy) is 1. The molecule has 0 heterocycles. The van der Waals surface area contributed by atoms with Crippen molar-refractivity contribution < 1.29 is 14.3 Å². The molecular formula is C15H14BrClO. The zero-order valence-electron chi connectivity index (χ0n) is 16.2. The molecule has 0 atom stereocenters. The Morgan fingerprint density at radius 3 is 2.78 bits per heavy atom. The number of hydrogen-bond donors (Lipinski definition) is 0. The molecule has 0 saturated carbocycles.